The van der Waals surface area contributed by atoms with Gasteiger partial charge in [-0.1, -0.05) is 6.92 Å². The largest absolute Gasteiger partial charge is 0.480 e. The minimum absolute atomic E-state index is 0.187. The third-order valence-electron chi connectivity index (χ3n) is 1.62. The van der Waals surface area contributed by atoms with Crippen LogP contribution in [0.25, 0.3) is 0 Å². The predicted octanol–water partition coefficient (Wildman–Crippen LogP) is 0.289. The number of carbonyl (C=O) groups is 1. The van der Waals surface area contributed by atoms with Crippen molar-refractivity contribution >= 4 is 5.97 Å². The molecule has 1 rings (SSSR count). The fourth-order valence-corrected chi connectivity index (χ4v) is 1.05. The van der Waals surface area contributed by atoms with Crippen LogP contribution in [-0.4, -0.2) is 32.4 Å². The number of nitrogens with zero attached hydrogens (tertiary/aromatic N) is 3. The molecule has 1 heterocycles. The molecule has 1 N–H and O–H groups in total. The van der Waals surface area contributed by atoms with Crippen molar-refractivity contribution in [1.29, 1.82) is 0 Å². The highest BCUT2D eigenvalue weighted by Crippen LogP contribution is 1.98. The normalized spacial score (nSPS) is 10.4. The molecule has 0 fully saturated rings. The zero-order chi connectivity index (χ0) is 10.4. The highest BCUT2D eigenvalue weighted by atomic mass is 16.5. The van der Waals surface area contributed by atoms with Crippen molar-refractivity contribution in [2.45, 2.75) is 26.5 Å². The number of rotatable bonds is 6. The Balaban J connectivity index is 2.41. The second-order valence-electron chi connectivity index (χ2n) is 2.83. The van der Waals surface area contributed by atoms with Crippen molar-refractivity contribution in [3.05, 3.63) is 12.2 Å². The van der Waals surface area contributed by atoms with Gasteiger partial charge in [-0.2, -0.15) is 0 Å². The van der Waals surface area contributed by atoms with Crippen LogP contribution in [0.5, 0.6) is 0 Å². The first-order valence-electron chi connectivity index (χ1n) is 4.40. The van der Waals surface area contributed by atoms with Gasteiger partial charge in [0, 0.05) is 6.54 Å². The number of carboxylic acids is 1. The van der Waals surface area contributed by atoms with Gasteiger partial charge in [0.25, 0.3) is 0 Å². The lowest BCUT2D eigenvalue weighted by Gasteiger charge is -2.03. The Morgan fingerprint density at radius 1 is 1.71 bits per heavy atom. The molecular weight excluding hydrogens is 186 g/mol. The molecule has 0 aliphatic carbocycles. The Kier molecular flexibility index (Phi) is 4.06. The number of aromatic nitrogens is 3. The second kappa shape index (κ2) is 5.33. The van der Waals surface area contributed by atoms with E-state index in [1.165, 1.54) is 0 Å². The van der Waals surface area contributed by atoms with Crippen LogP contribution in [0.1, 0.15) is 19.2 Å². The standard InChI is InChI=1S/C8H13N3O3/c1-2-3-11-6-9-10-7(11)4-14-5-8(12)13/h6H,2-5H2,1H3,(H,12,13). The van der Waals surface area contributed by atoms with E-state index in [1.54, 1.807) is 6.33 Å². The molecule has 0 aliphatic rings. The number of carboxylic acid groups (broad SMARTS) is 1. The van der Waals surface area contributed by atoms with E-state index in [0.717, 1.165) is 13.0 Å². The summed E-state index contributed by atoms with van der Waals surface area (Å²) in [5.74, 6) is -0.320. The van der Waals surface area contributed by atoms with Crippen molar-refractivity contribution in [2.75, 3.05) is 6.61 Å². The van der Waals surface area contributed by atoms with Gasteiger partial charge < -0.3 is 14.4 Å². The molecule has 0 aromatic carbocycles. The lowest BCUT2D eigenvalue weighted by Crippen LogP contribution is -2.10. The molecule has 0 saturated carbocycles. The van der Waals surface area contributed by atoms with E-state index in [1.807, 2.05) is 11.5 Å². The molecule has 0 amide bonds. The van der Waals surface area contributed by atoms with E-state index in [9.17, 15) is 4.79 Å². The summed E-state index contributed by atoms with van der Waals surface area (Å²) in [5.41, 5.74) is 0. The van der Waals surface area contributed by atoms with Gasteiger partial charge in [-0.15, -0.1) is 10.2 Å². The van der Waals surface area contributed by atoms with Gasteiger partial charge >= 0.3 is 5.97 Å². The SMILES string of the molecule is CCCn1cnnc1COCC(=O)O. The third-order valence-corrected chi connectivity index (χ3v) is 1.62. The maximum Gasteiger partial charge on any atom is 0.329 e. The lowest BCUT2D eigenvalue weighted by molar-refractivity contribution is -0.142. The minimum Gasteiger partial charge on any atom is -0.480 e. The number of aryl methyl sites for hydroxylation is 1. The van der Waals surface area contributed by atoms with Gasteiger partial charge in [-0.05, 0) is 6.42 Å². The Hall–Kier alpha value is -1.43. The topological polar surface area (TPSA) is 77.2 Å². The second-order valence-corrected chi connectivity index (χ2v) is 2.83. The summed E-state index contributed by atoms with van der Waals surface area (Å²) in [6.07, 6.45) is 2.59. The first-order chi connectivity index (χ1) is 6.74. The molecule has 0 bridgehead atoms. The van der Waals surface area contributed by atoms with Crippen molar-refractivity contribution in [3.8, 4) is 0 Å². The summed E-state index contributed by atoms with van der Waals surface area (Å²) in [6.45, 7) is 2.74. The van der Waals surface area contributed by atoms with Crippen molar-refractivity contribution in [3.63, 3.8) is 0 Å². The van der Waals surface area contributed by atoms with Gasteiger partial charge in [0.05, 0.1) is 0 Å². The van der Waals surface area contributed by atoms with Crippen molar-refractivity contribution in [1.82, 2.24) is 14.8 Å². The van der Waals surface area contributed by atoms with Crippen molar-refractivity contribution in [2.24, 2.45) is 0 Å². The molecule has 0 saturated heterocycles. The summed E-state index contributed by atoms with van der Waals surface area (Å²) in [7, 11) is 0. The van der Waals surface area contributed by atoms with Crippen molar-refractivity contribution < 1.29 is 14.6 Å². The van der Waals surface area contributed by atoms with Crippen LogP contribution in [0.15, 0.2) is 6.33 Å². The third kappa shape index (κ3) is 3.14. The summed E-state index contributed by atoms with van der Waals surface area (Å²) in [5, 5.41) is 15.9. The highest BCUT2D eigenvalue weighted by Gasteiger charge is 2.04. The van der Waals surface area contributed by atoms with Crippen LogP contribution in [0.2, 0.25) is 0 Å². The zero-order valence-corrected chi connectivity index (χ0v) is 8.01. The van der Waals surface area contributed by atoms with Gasteiger partial charge in [-0.3, -0.25) is 0 Å². The molecule has 1 aromatic heterocycles. The molecule has 6 heteroatoms. The summed E-state index contributed by atoms with van der Waals surface area (Å²) in [4.78, 5) is 10.2. The molecule has 0 radical (unpaired) electrons. The summed E-state index contributed by atoms with van der Waals surface area (Å²) < 4.78 is 6.75. The van der Waals surface area contributed by atoms with E-state index >= 15 is 0 Å². The van der Waals surface area contributed by atoms with E-state index in [-0.39, 0.29) is 13.2 Å². The van der Waals surface area contributed by atoms with Crippen LogP contribution >= 0.6 is 0 Å². The van der Waals surface area contributed by atoms with E-state index in [4.69, 9.17) is 9.84 Å². The molecule has 0 aliphatic heterocycles. The number of ether oxygens (including phenoxy) is 1. The first-order valence-corrected chi connectivity index (χ1v) is 4.40. The van der Waals surface area contributed by atoms with Gasteiger partial charge in [-0.25, -0.2) is 4.79 Å². The highest BCUT2D eigenvalue weighted by molar-refractivity contribution is 5.67. The maximum atomic E-state index is 10.2. The average Bonchev–Trinajstić information content (AvgIpc) is 2.53. The Morgan fingerprint density at radius 2 is 2.50 bits per heavy atom. The maximum absolute atomic E-state index is 10.2. The van der Waals surface area contributed by atoms with E-state index in [2.05, 4.69) is 10.2 Å². The molecular formula is C8H13N3O3. The number of hydrogen-bond donors (Lipinski definition) is 1. The van der Waals surface area contributed by atoms with Gasteiger partial charge in [0.2, 0.25) is 0 Å². The first kappa shape index (κ1) is 10.6. The smallest absolute Gasteiger partial charge is 0.329 e. The minimum atomic E-state index is -0.980. The Morgan fingerprint density at radius 3 is 3.14 bits per heavy atom. The Labute approximate surface area is 81.5 Å². The molecule has 0 atom stereocenters. The molecule has 0 spiro atoms. The van der Waals surface area contributed by atoms with Crippen LogP contribution in [0.4, 0.5) is 0 Å². The fraction of sp³-hybridized carbons (Fsp3) is 0.625. The monoisotopic (exact) mass is 199 g/mol. The summed E-state index contributed by atoms with van der Waals surface area (Å²) >= 11 is 0. The van der Waals surface area contributed by atoms with Gasteiger partial charge in [0.15, 0.2) is 5.82 Å². The average molecular weight is 199 g/mol. The van der Waals surface area contributed by atoms with Gasteiger partial charge in [0.1, 0.15) is 19.5 Å². The van der Waals surface area contributed by atoms with Crippen LogP contribution in [0, 0.1) is 0 Å². The lowest BCUT2D eigenvalue weighted by atomic mass is 10.4. The van der Waals surface area contributed by atoms with Crippen LogP contribution < -0.4 is 0 Å². The Bertz CT molecular complexity index is 298. The molecule has 78 valence electrons. The van der Waals surface area contributed by atoms with E-state index in [0.29, 0.717) is 5.82 Å². The molecule has 0 unspecified atom stereocenters. The summed E-state index contributed by atoms with van der Waals surface area (Å²) in [6, 6.07) is 0. The fourth-order valence-electron chi connectivity index (χ4n) is 1.05. The van der Waals surface area contributed by atoms with Crippen LogP contribution in [-0.2, 0) is 22.7 Å². The molecule has 1 aromatic rings. The molecule has 14 heavy (non-hydrogen) atoms. The quantitative estimate of drug-likeness (QED) is 0.712. The zero-order valence-electron chi connectivity index (χ0n) is 8.01. The van der Waals surface area contributed by atoms with E-state index < -0.39 is 5.97 Å². The molecule has 6 nitrogen and oxygen atoms in total. The predicted molar refractivity (Wildman–Crippen MR) is 47.6 cm³/mol. The number of hydrogen-bond acceptors (Lipinski definition) is 4. The number of aliphatic carboxylic acids is 1. The van der Waals surface area contributed by atoms with Crippen LogP contribution in [0.3, 0.4) is 0 Å².